The van der Waals surface area contributed by atoms with Crippen molar-refractivity contribution in [2.45, 2.75) is 39.0 Å². The largest absolute Gasteiger partial charge is 0.483 e. The number of fused-ring (bicyclic) bond motifs is 1. The zero-order chi connectivity index (χ0) is 19.9. The van der Waals surface area contributed by atoms with Crippen molar-refractivity contribution in [1.29, 1.82) is 0 Å². The minimum absolute atomic E-state index is 0.212. The lowest BCUT2D eigenvalue weighted by Gasteiger charge is -2.13. The Bertz CT molecular complexity index is 1010. The van der Waals surface area contributed by atoms with Gasteiger partial charge in [0, 0.05) is 17.5 Å². The smallest absolute Gasteiger partial charge is 0.336 e. The maximum absolute atomic E-state index is 12.1. The molecule has 0 unspecified atom stereocenters. The van der Waals surface area contributed by atoms with E-state index < -0.39 is 11.5 Å². The number of carbonyl (C=O) groups is 1. The van der Waals surface area contributed by atoms with Gasteiger partial charge in [0.05, 0.1) is 0 Å². The van der Waals surface area contributed by atoms with E-state index in [1.54, 1.807) is 6.07 Å². The molecule has 28 heavy (non-hydrogen) atoms. The number of aryl methyl sites for hydroxylation is 1. The summed E-state index contributed by atoms with van der Waals surface area (Å²) in [6, 6.07) is 15.0. The van der Waals surface area contributed by atoms with Crippen molar-refractivity contribution in [2.75, 3.05) is 6.61 Å². The molecule has 0 bridgehead atoms. The van der Waals surface area contributed by atoms with Crippen LogP contribution in [0.25, 0.3) is 22.1 Å². The van der Waals surface area contributed by atoms with Crippen molar-refractivity contribution < 1.29 is 13.9 Å². The molecule has 0 radical (unpaired) electrons. The van der Waals surface area contributed by atoms with Gasteiger partial charge in [-0.15, -0.1) is 0 Å². The molecule has 0 saturated carbocycles. The van der Waals surface area contributed by atoms with Gasteiger partial charge in [0.15, 0.2) is 6.61 Å². The highest BCUT2D eigenvalue weighted by molar-refractivity contribution is 5.94. The van der Waals surface area contributed by atoms with Crippen LogP contribution in [0.1, 0.15) is 38.2 Å². The summed E-state index contributed by atoms with van der Waals surface area (Å²) in [5, 5.41) is 0.850. The van der Waals surface area contributed by atoms with Crippen molar-refractivity contribution in [3.63, 3.8) is 0 Å². The number of hydrogen-bond acceptors (Lipinski definition) is 4. The standard InChI is InChI=1S/C23H25NO4/c1-2-3-4-6-11-17-12-19-18(16-9-7-5-8-10-16)13-23(26)28-21(19)14-20(17)27-15-22(24)25/h5,7-10,12-14H,2-4,6,11,15H2,1H3,(H2,24,25). The van der Waals surface area contributed by atoms with Gasteiger partial charge in [-0.05, 0) is 35.6 Å². The van der Waals surface area contributed by atoms with E-state index in [0.29, 0.717) is 11.3 Å². The fourth-order valence-electron chi connectivity index (χ4n) is 3.31. The third kappa shape index (κ3) is 4.80. The van der Waals surface area contributed by atoms with Gasteiger partial charge in [0.2, 0.25) is 0 Å². The molecule has 0 spiro atoms. The maximum atomic E-state index is 12.1. The predicted molar refractivity (Wildman–Crippen MR) is 110 cm³/mol. The third-order valence-corrected chi connectivity index (χ3v) is 4.68. The summed E-state index contributed by atoms with van der Waals surface area (Å²) < 4.78 is 11.0. The average molecular weight is 379 g/mol. The number of carbonyl (C=O) groups excluding carboxylic acids is 1. The first-order chi connectivity index (χ1) is 13.6. The maximum Gasteiger partial charge on any atom is 0.336 e. The summed E-state index contributed by atoms with van der Waals surface area (Å²) in [4.78, 5) is 23.3. The summed E-state index contributed by atoms with van der Waals surface area (Å²) in [5.74, 6) is -0.00678. The first-order valence-corrected chi connectivity index (χ1v) is 9.65. The van der Waals surface area contributed by atoms with Crippen molar-refractivity contribution >= 4 is 16.9 Å². The molecular weight excluding hydrogens is 354 g/mol. The van der Waals surface area contributed by atoms with Crippen molar-refractivity contribution in [1.82, 2.24) is 0 Å². The predicted octanol–water partition coefficient (Wildman–Crippen LogP) is 4.45. The van der Waals surface area contributed by atoms with E-state index in [2.05, 4.69) is 6.92 Å². The van der Waals surface area contributed by atoms with Gasteiger partial charge in [-0.3, -0.25) is 4.79 Å². The van der Waals surface area contributed by atoms with Crippen LogP contribution in [-0.2, 0) is 11.2 Å². The highest BCUT2D eigenvalue weighted by atomic mass is 16.5. The van der Waals surface area contributed by atoms with E-state index in [4.69, 9.17) is 14.9 Å². The molecule has 0 aliphatic rings. The van der Waals surface area contributed by atoms with Crippen LogP contribution in [0.4, 0.5) is 0 Å². The van der Waals surface area contributed by atoms with Crippen LogP contribution < -0.4 is 16.1 Å². The molecule has 3 rings (SSSR count). The summed E-state index contributed by atoms with van der Waals surface area (Å²) in [6.07, 6.45) is 5.29. The number of benzene rings is 2. The third-order valence-electron chi connectivity index (χ3n) is 4.68. The molecule has 5 heteroatoms. The van der Waals surface area contributed by atoms with E-state index in [0.717, 1.165) is 47.8 Å². The molecule has 2 aromatic carbocycles. The van der Waals surface area contributed by atoms with Gasteiger partial charge < -0.3 is 14.9 Å². The van der Waals surface area contributed by atoms with Gasteiger partial charge in [0.1, 0.15) is 11.3 Å². The molecular formula is C23H25NO4. The molecule has 0 fully saturated rings. The lowest BCUT2D eigenvalue weighted by molar-refractivity contribution is -0.119. The van der Waals surface area contributed by atoms with Crippen molar-refractivity contribution in [3.8, 4) is 16.9 Å². The van der Waals surface area contributed by atoms with Crippen LogP contribution in [0.5, 0.6) is 5.75 Å². The van der Waals surface area contributed by atoms with Gasteiger partial charge in [-0.25, -0.2) is 4.79 Å². The Morgan fingerprint density at radius 1 is 1.07 bits per heavy atom. The molecule has 0 atom stereocenters. The Morgan fingerprint density at radius 3 is 2.57 bits per heavy atom. The molecule has 2 N–H and O–H groups in total. The van der Waals surface area contributed by atoms with Gasteiger partial charge >= 0.3 is 5.63 Å². The lowest BCUT2D eigenvalue weighted by Crippen LogP contribution is -2.20. The molecule has 1 amide bonds. The quantitative estimate of drug-likeness (QED) is 0.440. The van der Waals surface area contributed by atoms with Crippen molar-refractivity contribution in [3.05, 3.63) is 64.5 Å². The lowest BCUT2D eigenvalue weighted by atomic mass is 9.98. The second kappa shape index (κ2) is 9.22. The van der Waals surface area contributed by atoms with Gasteiger partial charge in [0.25, 0.3) is 5.91 Å². The molecule has 1 heterocycles. The summed E-state index contributed by atoms with van der Waals surface area (Å²) in [6.45, 7) is 1.96. The summed E-state index contributed by atoms with van der Waals surface area (Å²) in [7, 11) is 0. The van der Waals surface area contributed by atoms with Crippen LogP contribution in [0.2, 0.25) is 0 Å². The minimum Gasteiger partial charge on any atom is -0.483 e. The highest BCUT2D eigenvalue weighted by Crippen LogP contribution is 2.33. The molecule has 3 aromatic rings. The van der Waals surface area contributed by atoms with Crippen LogP contribution in [0.15, 0.2) is 57.7 Å². The SMILES string of the molecule is CCCCCCc1cc2c(-c3ccccc3)cc(=O)oc2cc1OCC(N)=O. The second-order valence-electron chi connectivity index (χ2n) is 6.87. The fraction of sp³-hybridized carbons (Fsp3) is 0.304. The molecule has 0 aliphatic heterocycles. The zero-order valence-corrected chi connectivity index (χ0v) is 16.1. The topological polar surface area (TPSA) is 82.5 Å². The Balaban J connectivity index is 2.08. The average Bonchev–Trinajstić information content (AvgIpc) is 2.69. The fourth-order valence-corrected chi connectivity index (χ4v) is 3.31. The molecule has 146 valence electrons. The molecule has 5 nitrogen and oxygen atoms in total. The summed E-state index contributed by atoms with van der Waals surface area (Å²) >= 11 is 0. The van der Waals surface area contributed by atoms with Crippen LogP contribution in [-0.4, -0.2) is 12.5 Å². The van der Waals surface area contributed by atoms with E-state index in [1.165, 1.54) is 12.5 Å². The zero-order valence-electron chi connectivity index (χ0n) is 16.1. The Kier molecular flexibility index (Phi) is 6.48. The normalized spacial score (nSPS) is 10.9. The van der Waals surface area contributed by atoms with E-state index in [-0.39, 0.29) is 6.61 Å². The number of ether oxygens (including phenoxy) is 1. The summed E-state index contributed by atoms with van der Waals surface area (Å²) in [5.41, 5.74) is 7.99. The Labute approximate surface area is 164 Å². The Hall–Kier alpha value is -3.08. The van der Waals surface area contributed by atoms with E-state index in [1.807, 2.05) is 36.4 Å². The molecule has 1 aromatic heterocycles. The molecule has 0 aliphatic carbocycles. The van der Waals surface area contributed by atoms with Crippen LogP contribution >= 0.6 is 0 Å². The Morgan fingerprint density at radius 2 is 1.86 bits per heavy atom. The van der Waals surface area contributed by atoms with E-state index in [9.17, 15) is 9.59 Å². The number of primary amides is 1. The minimum atomic E-state index is -0.545. The van der Waals surface area contributed by atoms with Crippen molar-refractivity contribution in [2.24, 2.45) is 5.73 Å². The van der Waals surface area contributed by atoms with Gasteiger partial charge in [-0.2, -0.15) is 0 Å². The van der Waals surface area contributed by atoms with Gasteiger partial charge in [-0.1, -0.05) is 56.5 Å². The molecule has 0 saturated heterocycles. The number of rotatable bonds is 9. The monoisotopic (exact) mass is 379 g/mol. The first kappa shape index (κ1) is 19.7. The second-order valence-corrected chi connectivity index (χ2v) is 6.87. The first-order valence-electron chi connectivity index (χ1n) is 9.65. The van der Waals surface area contributed by atoms with Crippen LogP contribution in [0.3, 0.4) is 0 Å². The van der Waals surface area contributed by atoms with E-state index >= 15 is 0 Å². The number of amides is 1. The number of hydrogen-bond donors (Lipinski definition) is 1. The number of nitrogens with two attached hydrogens (primary N) is 1. The highest BCUT2D eigenvalue weighted by Gasteiger charge is 2.14. The van der Waals surface area contributed by atoms with Crippen LogP contribution in [0, 0.1) is 0 Å². The number of unbranched alkanes of at least 4 members (excludes halogenated alkanes) is 3.